The van der Waals surface area contributed by atoms with Crippen LogP contribution in [-0.4, -0.2) is 4.98 Å². The Bertz CT molecular complexity index is 405. The SMILES string of the molecule is CCC1CCCC(N)(c2nc3c(s2)CCC3)CC1. The molecule has 1 heterocycles. The Balaban J connectivity index is 1.80. The van der Waals surface area contributed by atoms with Crippen molar-refractivity contribution in [1.29, 1.82) is 0 Å². The van der Waals surface area contributed by atoms with E-state index in [0.29, 0.717) is 0 Å². The van der Waals surface area contributed by atoms with E-state index in [2.05, 4.69) is 6.92 Å². The molecule has 18 heavy (non-hydrogen) atoms. The van der Waals surface area contributed by atoms with Crippen LogP contribution < -0.4 is 5.73 Å². The number of nitrogens with zero attached hydrogens (tertiary/aromatic N) is 1. The number of hydrogen-bond donors (Lipinski definition) is 1. The summed E-state index contributed by atoms with van der Waals surface area (Å²) in [7, 11) is 0. The van der Waals surface area contributed by atoms with Gasteiger partial charge >= 0.3 is 0 Å². The van der Waals surface area contributed by atoms with Crippen LogP contribution in [0.4, 0.5) is 0 Å². The smallest absolute Gasteiger partial charge is 0.113 e. The second-order valence-electron chi connectivity index (χ2n) is 6.10. The highest BCUT2D eigenvalue weighted by atomic mass is 32.1. The number of fused-ring (bicyclic) bond motifs is 1. The van der Waals surface area contributed by atoms with Crippen molar-refractivity contribution in [2.45, 2.75) is 70.3 Å². The lowest BCUT2D eigenvalue weighted by Crippen LogP contribution is -2.36. The molecule has 2 aliphatic carbocycles. The Morgan fingerprint density at radius 2 is 2.17 bits per heavy atom. The number of aromatic nitrogens is 1. The van der Waals surface area contributed by atoms with Gasteiger partial charge in [0, 0.05) is 4.88 Å². The highest BCUT2D eigenvalue weighted by molar-refractivity contribution is 7.12. The van der Waals surface area contributed by atoms with E-state index in [-0.39, 0.29) is 5.54 Å². The average molecular weight is 264 g/mol. The van der Waals surface area contributed by atoms with Gasteiger partial charge in [0.15, 0.2) is 0 Å². The third-order valence-corrected chi connectivity index (χ3v) is 6.21. The molecule has 0 aromatic carbocycles. The number of thiazole rings is 1. The van der Waals surface area contributed by atoms with E-state index < -0.39 is 0 Å². The zero-order valence-electron chi connectivity index (χ0n) is 11.4. The molecule has 1 aromatic rings. The van der Waals surface area contributed by atoms with E-state index in [4.69, 9.17) is 10.7 Å². The minimum Gasteiger partial charge on any atom is -0.319 e. The maximum absolute atomic E-state index is 6.71. The Morgan fingerprint density at radius 3 is 2.94 bits per heavy atom. The fraction of sp³-hybridized carbons (Fsp3) is 0.800. The first-order valence-corrected chi connectivity index (χ1v) is 8.31. The van der Waals surface area contributed by atoms with E-state index in [9.17, 15) is 0 Å². The van der Waals surface area contributed by atoms with Crippen molar-refractivity contribution in [3.8, 4) is 0 Å². The molecule has 3 rings (SSSR count). The van der Waals surface area contributed by atoms with E-state index in [1.807, 2.05) is 11.3 Å². The second kappa shape index (κ2) is 4.93. The first kappa shape index (κ1) is 12.6. The van der Waals surface area contributed by atoms with Crippen LogP contribution in [0.2, 0.25) is 0 Å². The summed E-state index contributed by atoms with van der Waals surface area (Å²) < 4.78 is 0. The average Bonchev–Trinajstić information content (AvgIpc) is 2.89. The number of hydrogen-bond acceptors (Lipinski definition) is 3. The van der Waals surface area contributed by atoms with Gasteiger partial charge in [-0.2, -0.15) is 0 Å². The van der Waals surface area contributed by atoms with Crippen LogP contribution in [-0.2, 0) is 18.4 Å². The van der Waals surface area contributed by atoms with Gasteiger partial charge in [0.2, 0.25) is 0 Å². The fourth-order valence-corrected chi connectivity index (χ4v) is 4.77. The van der Waals surface area contributed by atoms with Crippen LogP contribution in [0.15, 0.2) is 0 Å². The Kier molecular flexibility index (Phi) is 3.46. The molecular formula is C15H24N2S. The normalized spacial score (nSPS) is 32.2. The van der Waals surface area contributed by atoms with Crippen molar-refractivity contribution in [3.05, 3.63) is 15.6 Å². The quantitative estimate of drug-likeness (QED) is 0.826. The van der Waals surface area contributed by atoms with E-state index in [0.717, 1.165) is 18.8 Å². The molecule has 0 amide bonds. The topological polar surface area (TPSA) is 38.9 Å². The van der Waals surface area contributed by atoms with Crippen molar-refractivity contribution in [2.75, 3.05) is 0 Å². The summed E-state index contributed by atoms with van der Waals surface area (Å²) >= 11 is 1.91. The molecule has 1 saturated carbocycles. The van der Waals surface area contributed by atoms with Crippen LogP contribution in [0.3, 0.4) is 0 Å². The maximum atomic E-state index is 6.71. The molecule has 0 bridgehead atoms. The molecule has 0 spiro atoms. The first-order valence-electron chi connectivity index (χ1n) is 7.49. The van der Waals surface area contributed by atoms with E-state index >= 15 is 0 Å². The van der Waals surface area contributed by atoms with Crippen molar-refractivity contribution < 1.29 is 0 Å². The molecule has 0 aliphatic heterocycles. The highest BCUT2D eigenvalue weighted by Crippen LogP contribution is 2.40. The molecule has 3 heteroatoms. The van der Waals surface area contributed by atoms with Crippen LogP contribution in [0.5, 0.6) is 0 Å². The molecule has 100 valence electrons. The molecule has 0 saturated heterocycles. The summed E-state index contributed by atoms with van der Waals surface area (Å²) in [6.45, 7) is 2.31. The van der Waals surface area contributed by atoms with Gasteiger partial charge < -0.3 is 5.73 Å². The first-order chi connectivity index (χ1) is 8.71. The molecule has 2 N–H and O–H groups in total. The fourth-order valence-electron chi connectivity index (χ4n) is 3.46. The summed E-state index contributed by atoms with van der Waals surface area (Å²) in [6.07, 6.45) is 11.2. The summed E-state index contributed by atoms with van der Waals surface area (Å²) in [5.41, 5.74) is 7.95. The van der Waals surface area contributed by atoms with Crippen LogP contribution in [0.1, 0.15) is 67.4 Å². The molecule has 0 radical (unpaired) electrons. The maximum Gasteiger partial charge on any atom is 0.113 e. The van der Waals surface area contributed by atoms with Gasteiger partial charge in [-0.15, -0.1) is 11.3 Å². The third-order valence-electron chi connectivity index (χ3n) is 4.83. The molecule has 2 aliphatic rings. The lowest BCUT2D eigenvalue weighted by Gasteiger charge is -2.25. The van der Waals surface area contributed by atoms with Crippen LogP contribution in [0, 0.1) is 5.92 Å². The predicted molar refractivity (Wildman–Crippen MR) is 76.9 cm³/mol. The molecule has 2 nitrogen and oxygen atoms in total. The van der Waals surface area contributed by atoms with Gasteiger partial charge in [0.25, 0.3) is 0 Å². The minimum absolute atomic E-state index is 0.112. The van der Waals surface area contributed by atoms with Crippen molar-refractivity contribution in [1.82, 2.24) is 4.98 Å². The van der Waals surface area contributed by atoms with Crippen molar-refractivity contribution >= 4 is 11.3 Å². The molecular weight excluding hydrogens is 240 g/mol. The second-order valence-corrected chi connectivity index (χ2v) is 7.19. The van der Waals surface area contributed by atoms with Gasteiger partial charge in [0.05, 0.1) is 11.2 Å². The predicted octanol–water partition coefficient (Wildman–Crippen LogP) is 3.78. The van der Waals surface area contributed by atoms with Gasteiger partial charge in [-0.25, -0.2) is 4.98 Å². The summed E-state index contributed by atoms with van der Waals surface area (Å²) in [6, 6.07) is 0. The zero-order chi connectivity index (χ0) is 12.6. The Hall–Kier alpha value is -0.410. The van der Waals surface area contributed by atoms with Crippen LogP contribution in [0.25, 0.3) is 0 Å². The lowest BCUT2D eigenvalue weighted by molar-refractivity contribution is 0.369. The number of nitrogens with two attached hydrogens (primary N) is 1. The van der Waals surface area contributed by atoms with Gasteiger partial charge in [-0.3, -0.25) is 0 Å². The van der Waals surface area contributed by atoms with Crippen LogP contribution >= 0.6 is 11.3 Å². The molecule has 1 fully saturated rings. The standard InChI is InChI=1S/C15H24N2S/c1-2-11-5-4-9-15(16,10-8-11)14-17-12-6-3-7-13(12)18-14/h11H,2-10,16H2,1H3. The van der Waals surface area contributed by atoms with Gasteiger partial charge in [0.1, 0.15) is 5.01 Å². The van der Waals surface area contributed by atoms with Crippen molar-refractivity contribution in [3.63, 3.8) is 0 Å². The molecule has 2 atom stereocenters. The minimum atomic E-state index is -0.112. The summed E-state index contributed by atoms with van der Waals surface area (Å²) in [4.78, 5) is 6.39. The summed E-state index contributed by atoms with van der Waals surface area (Å²) in [5.74, 6) is 0.891. The molecule has 2 unspecified atom stereocenters. The monoisotopic (exact) mass is 264 g/mol. The highest BCUT2D eigenvalue weighted by Gasteiger charge is 2.34. The van der Waals surface area contributed by atoms with Gasteiger partial charge in [-0.1, -0.05) is 26.2 Å². The van der Waals surface area contributed by atoms with Gasteiger partial charge in [-0.05, 0) is 44.4 Å². The number of rotatable bonds is 2. The largest absolute Gasteiger partial charge is 0.319 e. The molecule has 1 aromatic heterocycles. The Labute approximate surface area is 114 Å². The van der Waals surface area contributed by atoms with E-state index in [1.165, 1.54) is 60.5 Å². The third kappa shape index (κ3) is 2.23. The number of aryl methyl sites for hydroxylation is 2. The summed E-state index contributed by atoms with van der Waals surface area (Å²) in [5, 5.41) is 1.24. The Morgan fingerprint density at radius 1 is 1.28 bits per heavy atom. The lowest BCUT2D eigenvalue weighted by atomic mass is 9.91. The van der Waals surface area contributed by atoms with Crippen molar-refractivity contribution in [2.24, 2.45) is 11.7 Å². The van der Waals surface area contributed by atoms with E-state index in [1.54, 1.807) is 0 Å². The zero-order valence-corrected chi connectivity index (χ0v) is 12.2.